The first-order chi connectivity index (χ1) is 12.2. The Labute approximate surface area is 164 Å². The zero-order valence-corrected chi connectivity index (χ0v) is 16.9. The maximum atomic E-state index is 12.5. The quantitative estimate of drug-likeness (QED) is 0.677. The second-order valence-corrected chi connectivity index (χ2v) is 7.82. The lowest BCUT2D eigenvalue weighted by Crippen LogP contribution is -2.41. The van der Waals surface area contributed by atoms with Crippen molar-refractivity contribution in [2.24, 2.45) is 0 Å². The van der Waals surface area contributed by atoms with Crippen molar-refractivity contribution in [1.29, 1.82) is 0 Å². The Hall–Kier alpha value is -2.06. The Morgan fingerprint density at radius 1 is 1.42 bits per heavy atom. The van der Waals surface area contributed by atoms with E-state index in [-0.39, 0.29) is 5.28 Å². The topological polar surface area (TPSA) is 76.6 Å². The van der Waals surface area contributed by atoms with Gasteiger partial charge in [-0.3, -0.25) is 4.90 Å². The van der Waals surface area contributed by atoms with Gasteiger partial charge in [-0.15, -0.1) is 0 Å². The highest BCUT2D eigenvalue weighted by Gasteiger charge is 2.28. The summed E-state index contributed by atoms with van der Waals surface area (Å²) in [7, 11) is 0. The number of nitrogens with one attached hydrogen (secondary N) is 1. The summed E-state index contributed by atoms with van der Waals surface area (Å²) in [5.74, 6) is 1.14. The molecule has 0 saturated heterocycles. The summed E-state index contributed by atoms with van der Waals surface area (Å²) in [4.78, 5) is 22.1. The zero-order chi connectivity index (χ0) is 18.9. The summed E-state index contributed by atoms with van der Waals surface area (Å²) in [6.07, 6.45) is 1.15. The molecule has 1 N–H and O–H groups in total. The predicted molar refractivity (Wildman–Crippen MR) is 104 cm³/mol. The zero-order valence-electron chi connectivity index (χ0n) is 14.5. The number of aromatic nitrogens is 2. The molecule has 3 rings (SSSR count). The minimum absolute atomic E-state index is 0.132. The van der Waals surface area contributed by atoms with Crippen molar-refractivity contribution in [3.63, 3.8) is 0 Å². The van der Waals surface area contributed by atoms with Crippen LogP contribution in [-0.2, 0) is 4.74 Å². The molecule has 0 atom stereocenters. The molecular weight excluding hydrogens is 424 g/mol. The first-order valence-electron chi connectivity index (χ1n) is 7.95. The van der Waals surface area contributed by atoms with Crippen LogP contribution in [0.15, 0.2) is 28.9 Å². The van der Waals surface area contributed by atoms with E-state index >= 15 is 0 Å². The second-order valence-electron chi connectivity index (χ2n) is 6.62. The molecule has 1 amide bonds. The fraction of sp³-hybridized carbons (Fsp3) is 0.353. The third-order valence-electron chi connectivity index (χ3n) is 3.41. The van der Waals surface area contributed by atoms with E-state index in [9.17, 15) is 4.79 Å². The number of anilines is 3. The Morgan fingerprint density at radius 3 is 2.92 bits per heavy atom. The monoisotopic (exact) mass is 440 g/mol. The van der Waals surface area contributed by atoms with Crippen LogP contribution in [0.3, 0.4) is 0 Å². The number of carbonyl (C=O) groups is 1. The number of fused-ring (bicyclic) bond motifs is 1. The smallest absolute Gasteiger partial charge is 0.415 e. The van der Waals surface area contributed by atoms with E-state index in [1.54, 1.807) is 23.2 Å². The number of ether oxygens (including phenoxy) is 2. The molecule has 9 heteroatoms. The molecule has 0 saturated carbocycles. The SMILES string of the molecule is CC(C)(C)OC(=O)N1CCOc2ccc(Nc3nc(Cl)ncc3Br)cc21. The molecule has 0 radical (unpaired) electrons. The van der Waals surface area contributed by atoms with Crippen molar-refractivity contribution in [2.45, 2.75) is 26.4 Å². The summed E-state index contributed by atoms with van der Waals surface area (Å²) >= 11 is 9.23. The summed E-state index contributed by atoms with van der Waals surface area (Å²) in [6, 6.07) is 5.44. The predicted octanol–water partition coefficient (Wildman–Crippen LogP) is 4.77. The van der Waals surface area contributed by atoms with Crippen molar-refractivity contribution in [3.05, 3.63) is 34.2 Å². The first kappa shape index (κ1) is 18.7. The van der Waals surface area contributed by atoms with Crippen LogP contribution in [0.1, 0.15) is 20.8 Å². The molecule has 0 bridgehead atoms. The Balaban J connectivity index is 1.89. The van der Waals surface area contributed by atoms with E-state index < -0.39 is 11.7 Å². The molecule has 1 aliphatic heterocycles. The van der Waals surface area contributed by atoms with Gasteiger partial charge in [0.2, 0.25) is 5.28 Å². The third-order valence-corrected chi connectivity index (χ3v) is 4.18. The lowest BCUT2D eigenvalue weighted by atomic mass is 10.2. The van der Waals surface area contributed by atoms with Crippen LogP contribution in [0.5, 0.6) is 5.75 Å². The number of hydrogen-bond acceptors (Lipinski definition) is 6. The van der Waals surface area contributed by atoms with Crippen LogP contribution >= 0.6 is 27.5 Å². The van der Waals surface area contributed by atoms with Crippen LogP contribution in [0, 0.1) is 0 Å². The molecule has 2 heterocycles. The van der Waals surface area contributed by atoms with Gasteiger partial charge in [-0.05, 0) is 66.5 Å². The van der Waals surface area contributed by atoms with Crippen molar-refractivity contribution < 1.29 is 14.3 Å². The van der Waals surface area contributed by atoms with Gasteiger partial charge in [0.15, 0.2) is 0 Å². The van der Waals surface area contributed by atoms with Crippen LogP contribution in [0.25, 0.3) is 0 Å². The normalized spacial score (nSPS) is 13.7. The van der Waals surface area contributed by atoms with Crippen molar-refractivity contribution in [3.8, 4) is 5.75 Å². The largest absolute Gasteiger partial charge is 0.490 e. The fourth-order valence-electron chi connectivity index (χ4n) is 2.37. The molecule has 1 aliphatic rings. The van der Waals surface area contributed by atoms with Gasteiger partial charge in [0, 0.05) is 11.9 Å². The minimum Gasteiger partial charge on any atom is -0.490 e. The number of benzene rings is 1. The molecule has 0 unspecified atom stereocenters. The highest BCUT2D eigenvalue weighted by atomic mass is 79.9. The van der Waals surface area contributed by atoms with Gasteiger partial charge < -0.3 is 14.8 Å². The summed E-state index contributed by atoms with van der Waals surface area (Å²) in [5, 5.41) is 3.29. The van der Waals surface area contributed by atoms with E-state index in [2.05, 4.69) is 31.2 Å². The summed E-state index contributed by atoms with van der Waals surface area (Å²) < 4.78 is 11.8. The highest BCUT2D eigenvalue weighted by Crippen LogP contribution is 2.36. The summed E-state index contributed by atoms with van der Waals surface area (Å²) in [6.45, 7) is 6.32. The maximum Gasteiger partial charge on any atom is 0.415 e. The van der Waals surface area contributed by atoms with Gasteiger partial charge in [-0.1, -0.05) is 0 Å². The van der Waals surface area contributed by atoms with Gasteiger partial charge in [0.05, 0.1) is 16.7 Å². The van der Waals surface area contributed by atoms with Gasteiger partial charge >= 0.3 is 6.09 Å². The molecule has 0 spiro atoms. The van der Waals surface area contributed by atoms with Gasteiger partial charge in [0.25, 0.3) is 0 Å². The molecule has 2 aromatic rings. The van der Waals surface area contributed by atoms with Gasteiger partial charge in [0.1, 0.15) is 23.8 Å². The minimum atomic E-state index is -0.575. The van der Waals surface area contributed by atoms with Gasteiger partial charge in [-0.2, -0.15) is 4.98 Å². The molecule has 1 aromatic heterocycles. The number of hydrogen-bond donors (Lipinski definition) is 1. The average Bonchev–Trinajstić information content (AvgIpc) is 2.56. The van der Waals surface area contributed by atoms with Crippen LogP contribution < -0.4 is 15.0 Å². The van der Waals surface area contributed by atoms with E-state index in [0.29, 0.717) is 34.9 Å². The number of nitrogens with zero attached hydrogens (tertiary/aromatic N) is 3. The van der Waals surface area contributed by atoms with E-state index in [1.165, 1.54) is 0 Å². The molecule has 0 fully saturated rings. The molecular formula is C17H18BrClN4O3. The maximum absolute atomic E-state index is 12.5. The number of rotatable bonds is 2. The van der Waals surface area contributed by atoms with Crippen molar-refractivity contribution in [2.75, 3.05) is 23.4 Å². The molecule has 0 aliphatic carbocycles. The molecule has 1 aromatic carbocycles. The fourth-order valence-corrected chi connectivity index (χ4v) is 2.80. The Morgan fingerprint density at radius 2 is 2.19 bits per heavy atom. The van der Waals surface area contributed by atoms with Crippen LogP contribution in [0.4, 0.5) is 22.0 Å². The standard InChI is InChI=1S/C17H18BrClN4O3/c1-17(2,3)26-16(24)23-6-7-25-13-5-4-10(8-12(13)23)21-14-11(18)9-20-15(19)22-14/h4-5,8-9H,6-7H2,1-3H3,(H,20,21,22). The number of amides is 1. The van der Waals surface area contributed by atoms with Crippen LogP contribution in [-0.4, -0.2) is 34.8 Å². The molecule has 138 valence electrons. The van der Waals surface area contributed by atoms with Crippen LogP contribution in [0.2, 0.25) is 5.28 Å². The van der Waals surface area contributed by atoms with E-state index in [0.717, 1.165) is 5.69 Å². The van der Waals surface area contributed by atoms with Crippen molar-refractivity contribution >= 4 is 50.8 Å². The van der Waals surface area contributed by atoms with Gasteiger partial charge in [-0.25, -0.2) is 9.78 Å². The Bertz CT molecular complexity index is 841. The third kappa shape index (κ3) is 4.37. The lowest BCUT2D eigenvalue weighted by molar-refractivity contribution is 0.0568. The van der Waals surface area contributed by atoms with E-state index in [4.69, 9.17) is 21.1 Å². The van der Waals surface area contributed by atoms with Crippen molar-refractivity contribution in [1.82, 2.24) is 9.97 Å². The number of carbonyl (C=O) groups excluding carboxylic acids is 1. The molecule has 26 heavy (non-hydrogen) atoms. The second kappa shape index (κ2) is 7.28. The summed E-state index contributed by atoms with van der Waals surface area (Å²) in [5.41, 5.74) is 0.776. The number of halogens is 2. The molecule has 7 nitrogen and oxygen atoms in total. The average molecular weight is 442 g/mol. The lowest BCUT2D eigenvalue weighted by Gasteiger charge is -2.31. The Kier molecular flexibility index (Phi) is 5.24. The van der Waals surface area contributed by atoms with E-state index in [1.807, 2.05) is 26.8 Å². The first-order valence-corrected chi connectivity index (χ1v) is 9.12. The highest BCUT2D eigenvalue weighted by molar-refractivity contribution is 9.10.